The van der Waals surface area contributed by atoms with Gasteiger partial charge in [-0.3, -0.25) is 9.69 Å². The zero-order valence-corrected chi connectivity index (χ0v) is 20.5. The Bertz CT molecular complexity index is 1050. The summed E-state index contributed by atoms with van der Waals surface area (Å²) in [5.74, 6) is 1.14. The molecule has 1 unspecified atom stereocenters. The lowest BCUT2D eigenvalue weighted by Crippen LogP contribution is -2.36. The van der Waals surface area contributed by atoms with Crippen molar-refractivity contribution in [1.29, 1.82) is 0 Å². The number of nitrogens with one attached hydrogen (secondary N) is 1. The van der Waals surface area contributed by atoms with Gasteiger partial charge >= 0.3 is 0 Å². The van der Waals surface area contributed by atoms with Crippen molar-refractivity contribution in [3.63, 3.8) is 0 Å². The van der Waals surface area contributed by atoms with Gasteiger partial charge in [0.05, 0.1) is 6.61 Å². The predicted molar refractivity (Wildman–Crippen MR) is 140 cm³/mol. The second kappa shape index (κ2) is 12.6. The van der Waals surface area contributed by atoms with Crippen LogP contribution in [0.2, 0.25) is 0 Å². The number of hydrogen-bond acceptors (Lipinski definition) is 3. The Morgan fingerprint density at radius 2 is 1.79 bits per heavy atom. The van der Waals surface area contributed by atoms with Crippen molar-refractivity contribution < 1.29 is 9.53 Å². The minimum absolute atomic E-state index is 0.185. The Balaban J connectivity index is 1.20. The van der Waals surface area contributed by atoms with Crippen LogP contribution in [0.4, 0.5) is 0 Å². The first-order chi connectivity index (χ1) is 16.7. The molecule has 4 nitrogen and oxygen atoms in total. The molecule has 0 aliphatic carbocycles. The highest BCUT2D eigenvalue weighted by Crippen LogP contribution is 2.24. The van der Waals surface area contributed by atoms with Gasteiger partial charge in [0.1, 0.15) is 5.75 Å². The molecule has 180 valence electrons. The molecule has 34 heavy (non-hydrogen) atoms. The van der Waals surface area contributed by atoms with Crippen molar-refractivity contribution in [2.75, 3.05) is 19.7 Å². The summed E-state index contributed by atoms with van der Waals surface area (Å²) >= 11 is 0. The summed E-state index contributed by atoms with van der Waals surface area (Å²) in [7, 11) is 0. The monoisotopic (exact) mass is 458 g/mol. The first-order valence-electron chi connectivity index (χ1n) is 12.9. The van der Waals surface area contributed by atoms with Crippen LogP contribution >= 0.6 is 0 Å². The molecule has 3 aromatic rings. The number of likely N-dealkylation sites (tertiary alicyclic amines) is 1. The van der Waals surface area contributed by atoms with Gasteiger partial charge in [-0.1, -0.05) is 55.5 Å². The van der Waals surface area contributed by atoms with Crippen LogP contribution in [0.25, 0.3) is 10.8 Å². The fraction of sp³-hybridized carbons (Fsp3) is 0.433. The summed E-state index contributed by atoms with van der Waals surface area (Å²) < 4.78 is 6.02. The average Bonchev–Trinajstić information content (AvgIpc) is 3.28. The van der Waals surface area contributed by atoms with Gasteiger partial charge in [0.25, 0.3) is 0 Å². The van der Waals surface area contributed by atoms with E-state index in [2.05, 4.69) is 76.9 Å². The maximum absolute atomic E-state index is 11.9. The smallest absolute Gasteiger partial charge is 0.220 e. The zero-order valence-electron chi connectivity index (χ0n) is 20.5. The highest BCUT2D eigenvalue weighted by molar-refractivity contribution is 5.84. The number of aryl methyl sites for hydroxylation is 1. The third-order valence-electron chi connectivity index (χ3n) is 6.62. The number of ether oxygens (including phenoxy) is 1. The molecule has 0 saturated carbocycles. The molecule has 0 bridgehead atoms. The number of benzene rings is 3. The molecule has 1 saturated heterocycles. The third-order valence-corrected chi connectivity index (χ3v) is 6.62. The molecule has 4 rings (SSSR count). The maximum atomic E-state index is 11.9. The second-order valence-corrected chi connectivity index (χ2v) is 9.53. The van der Waals surface area contributed by atoms with Crippen LogP contribution in [0.15, 0.2) is 66.7 Å². The van der Waals surface area contributed by atoms with Crippen molar-refractivity contribution in [3.8, 4) is 5.75 Å². The van der Waals surface area contributed by atoms with E-state index in [0.29, 0.717) is 6.42 Å². The van der Waals surface area contributed by atoms with Crippen LogP contribution < -0.4 is 10.1 Å². The predicted octanol–water partition coefficient (Wildman–Crippen LogP) is 6.12. The fourth-order valence-electron chi connectivity index (χ4n) is 4.78. The number of rotatable bonds is 12. The van der Waals surface area contributed by atoms with Gasteiger partial charge < -0.3 is 10.1 Å². The summed E-state index contributed by atoms with van der Waals surface area (Å²) in [6, 6.07) is 24.1. The van der Waals surface area contributed by atoms with Crippen LogP contribution in [0.1, 0.15) is 56.6 Å². The first-order valence-corrected chi connectivity index (χ1v) is 12.9. The zero-order chi connectivity index (χ0) is 23.6. The lowest BCUT2D eigenvalue weighted by molar-refractivity contribution is -0.121. The van der Waals surface area contributed by atoms with E-state index < -0.39 is 0 Å². The largest absolute Gasteiger partial charge is 0.494 e. The van der Waals surface area contributed by atoms with E-state index in [0.717, 1.165) is 57.7 Å². The van der Waals surface area contributed by atoms with E-state index in [4.69, 9.17) is 4.74 Å². The molecule has 1 heterocycles. The Labute approximate surface area is 204 Å². The number of fused-ring (bicyclic) bond motifs is 1. The number of hydrogen-bond donors (Lipinski definition) is 1. The van der Waals surface area contributed by atoms with Gasteiger partial charge in [0.2, 0.25) is 5.91 Å². The molecular formula is C30H38N2O2. The Morgan fingerprint density at radius 1 is 0.971 bits per heavy atom. The SMILES string of the molecule is CCCC(=O)NC1CCN(Cc2ccc3cc(OCCCCCc4ccccc4)ccc3c2)C1. The van der Waals surface area contributed by atoms with Crippen molar-refractivity contribution in [3.05, 3.63) is 77.9 Å². The van der Waals surface area contributed by atoms with E-state index in [-0.39, 0.29) is 11.9 Å². The summed E-state index contributed by atoms with van der Waals surface area (Å²) in [4.78, 5) is 14.3. The molecular weight excluding hydrogens is 420 g/mol. The highest BCUT2D eigenvalue weighted by Gasteiger charge is 2.23. The molecule has 0 radical (unpaired) electrons. The summed E-state index contributed by atoms with van der Waals surface area (Å²) in [6.07, 6.45) is 7.18. The van der Waals surface area contributed by atoms with Crippen LogP contribution in [0.3, 0.4) is 0 Å². The normalized spacial score (nSPS) is 16.1. The summed E-state index contributed by atoms with van der Waals surface area (Å²) in [5, 5.41) is 5.64. The Morgan fingerprint density at radius 3 is 2.65 bits per heavy atom. The second-order valence-electron chi connectivity index (χ2n) is 9.53. The van der Waals surface area contributed by atoms with Gasteiger partial charge in [0.15, 0.2) is 0 Å². The summed E-state index contributed by atoms with van der Waals surface area (Å²) in [6.45, 7) is 5.71. The van der Waals surface area contributed by atoms with Crippen LogP contribution in [-0.4, -0.2) is 36.5 Å². The molecule has 4 heteroatoms. The number of carbonyl (C=O) groups is 1. The van der Waals surface area contributed by atoms with Gasteiger partial charge in [-0.15, -0.1) is 0 Å². The topological polar surface area (TPSA) is 41.6 Å². The maximum Gasteiger partial charge on any atom is 0.220 e. The van der Waals surface area contributed by atoms with Crippen molar-refractivity contribution in [1.82, 2.24) is 10.2 Å². The third kappa shape index (κ3) is 7.33. The molecule has 1 aliphatic rings. The Kier molecular flexibility index (Phi) is 8.97. The first kappa shape index (κ1) is 24.3. The lowest BCUT2D eigenvalue weighted by Gasteiger charge is -2.17. The van der Waals surface area contributed by atoms with Crippen LogP contribution in [0.5, 0.6) is 5.75 Å². The van der Waals surface area contributed by atoms with Gasteiger partial charge in [0, 0.05) is 32.1 Å². The standard InChI is InChI=1S/C30H38N2O2/c1-2-9-30(33)31-28-17-18-32(23-28)22-25-13-14-27-21-29(16-15-26(27)20-25)34-19-8-4-7-12-24-10-5-3-6-11-24/h3,5-6,10-11,13-16,20-21,28H,2,4,7-9,12,17-19,22-23H2,1H3,(H,31,33). The molecule has 1 fully saturated rings. The van der Waals surface area contributed by atoms with Gasteiger partial charge in [-0.25, -0.2) is 0 Å². The Hall–Kier alpha value is -2.85. The van der Waals surface area contributed by atoms with E-state index in [1.807, 2.05) is 6.92 Å². The van der Waals surface area contributed by atoms with E-state index in [1.54, 1.807) is 0 Å². The number of unbranched alkanes of at least 4 members (excludes halogenated alkanes) is 2. The van der Waals surface area contributed by atoms with Crippen molar-refractivity contribution in [2.45, 2.75) is 64.5 Å². The van der Waals surface area contributed by atoms with Gasteiger partial charge in [-0.2, -0.15) is 0 Å². The van der Waals surface area contributed by atoms with E-state index in [9.17, 15) is 4.79 Å². The molecule has 1 atom stereocenters. The van der Waals surface area contributed by atoms with Crippen LogP contribution in [0, 0.1) is 0 Å². The molecule has 3 aromatic carbocycles. The van der Waals surface area contributed by atoms with Crippen molar-refractivity contribution in [2.24, 2.45) is 0 Å². The van der Waals surface area contributed by atoms with E-state index >= 15 is 0 Å². The van der Waals surface area contributed by atoms with Crippen LogP contribution in [-0.2, 0) is 17.8 Å². The average molecular weight is 459 g/mol. The molecule has 1 N–H and O–H groups in total. The summed E-state index contributed by atoms with van der Waals surface area (Å²) in [5.41, 5.74) is 2.74. The molecule has 0 aromatic heterocycles. The van der Waals surface area contributed by atoms with Crippen molar-refractivity contribution >= 4 is 16.7 Å². The quantitative estimate of drug-likeness (QED) is 0.332. The highest BCUT2D eigenvalue weighted by atomic mass is 16.5. The molecule has 1 aliphatic heterocycles. The number of carbonyl (C=O) groups excluding carboxylic acids is 1. The van der Waals surface area contributed by atoms with E-state index in [1.165, 1.54) is 34.7 Å². The minimum Gasteiger partial charge on any atom is -0.494 e. The number of amides is 1. The number of nitrogens with zero attached hydrogens (tertiary/aromatic N) is 1. The fourth-order valence-corrected chi connectivity index (χ4v) is 4.78. The molecule has 1 amide bonds. The minimum atomic E-state index is 0.185. The lowest BCUT2D eigenvalue weighted by atomic mass is 10.1. The van der Waals surface area contributed by atoms with Gasteiger partial charge in [-0.05, 0) is 78.6 Å². The molecule has 0 spiro atoms.